The van der Waals surface area contributed by atoms with E-state index in [1.54, 1.807) is 6.92 Å². The van der Waals surface area contributed by atoms with Crippen LogP contribution < -0.4 is 10.1 Å². The minimum absolute atomic E-state index is 0.0632. The van der Waals surface area contributed by atoms with Gasteiger partial charge in [-0.2, -0.15) is 0 Å². The fourth-order valence-electron chi connectivity index (χ4n) is 3.55. The van der Waals surface area contributed by atoms with Crippen LogP contribution in [0.25, 0.3) is 0 Å². The Balaban J connectivity index is 1.81. The van der Waals surface area contributed by atoms with Gasteiger partial charge in [0.05, 0.1) is 18.8 Å². The quantitative estimate of drug-likeness (QED) is 0.348. The number of nitrogens with zero attached hydrogens (tertiary/aromatic N) is 1. The van der Waals surface area contributed by atoms with Gasteiger partial charge in [-0.25, -0.2) is 4.79 Å². The van der Waals surface area contributed by atoms with Gasteiger partial charge < -0.3 is 9.47 Å². The Hall–Kier alpha value is -3.64. The van der Waals surface area contributed by atoms with Gasteiger partial charge in [-0.05, 0) is 51.0 Å². The molecule has 0 aromatic heterocycles. The van der Waals surface area contributed by atoms with E-state index in [-0.39, 0.29) is 24.5 Å². The average molecular weight is 475 g/mol. The maximum atomic E-state index is 12.9. The van der Waals surface area contributed by atoms with Crippen molar-refractivity contribution >= 4 is 17.6 Å². The van der Waals surface area contributed by atoms with Crippen LogP contribution in [-0.2, 0) is 17.9 Å². The summed E-state index contributed by atoms with van der Waals surface area (Å²) in [6.07, 6.45) is -0.541. The van der Waals surface area contributed by atoms with E-state index in [4.69, 9.17) is 9.47 Å². The van der Waals surface area contributed by atoms with Gasteiger partial charge in [0.2, 0.25) is 0 Å². The first-order chi connectivity index (χ1) is 16.8. The van der Waals surface area contributed by atoms with Crippen LogP contribution in [0.5, 0.6) is 5.75 Å². The normalized spacial score (nSPS) is 11.2. The van der Waals surface area contributed by atoms with E-state index in [1.807, 2.05) is 78.9 Å². The summed E-state index contributed by atoms with van der Waals surface area (Å²) in [4.78, 5) is 27.2. The number of anilines is 1. The maximum Gasteiger partial charge on any atom is 0.411 e. The molecule has 0 aliphatic rings. The van der Waals surface area contributed by atoms with E-state index in [0.717, 1.165) is 11.1 Å². The van der Waals surface area contributed by atoms with Gasteiger partial charge in [0.25, 0.3) is 0 Å². The number of hydrogen-bond donors (Lipinski definition) is 1. The summed E-state index contributed by atoms with van der Waals surface area (Å²) in [6, 6.07) is 24.8. The SMILES string of the molecule is CCOC(=O)Nc1cc(CN(CC(=O)c2ccccc2)C(C)(C)C)ccc1OCc1ccccc1. The van der Waals surface area contributed by atoms with Crippen LogP contribution >= 0.6 is 0 Å². The number of hydrogen-bond acceptors (Lipinski definition) is 5. The lowest BCUT2D eigenvalue weighted by Crippen LogP contribution is -2.43. The second kappa shape index (κ2) is 12.2. The fourth-order valence-corrected chi connectivity index (χ4v) is 3.55. The topological polar surface area (TPSA) is 67.9 Å². The molecule has 3 aromatic carbocycles. The predicted octanol–water partition coefficient (Wildman–Crippen LogP) is 6.32. The number of rotatable bonds is 10. The van der Waals surface area contributed by atoms with Crippen molar-refractivity contribution in [1.82, 2.24) is 4.90 Å². The maximum absolute atomic E-state index is 12.9. The molecule has 35 heavy (non-hydrogen) atoms. The van der Waals surface area contributed by atoms with Gasteiger partial charge in [0.1, 0.15) is 12.4 Å². The van der Waals surface area contributed by atoms with Crippen LogP contribution in [0.4, 0.5) is 10.5 Å². The highest BCUT2D eigenvalue weighted by Crippen LogP contribution is 2.29. The Labute approximate surface area is 207 Å². The molecular formula is C29H34N2O4. The molecule has 0 spiro atoms. The second-order valence-electron chi connectivity index (χ2n) is 9.27. The van der Waals surface area contributed by atoms with Gasteiger partial charge in [-0.3, -0.25) is 15.0 Å². The average Bonchev–Trinajstić information content (AvgIpc) is 2.84. The van der Waals surface area contributed by atoms with Gasteiger partial charge in [-0.1, -0.05) is 66.7 Å². The Kier molecular flexibility index (Phi) is 9.04. The number of carbonyl (C=O) groups is 2. The van der Waals surface area contributed by atoms with Gasteiger partial charge >= 0.3 is 6.09 Å². The number of ether oxygens (including phenoxy) is 2. The van der Waals surface area contributed by atoms with Crippen LogP contribution in [-0.4, -0.2) is 35.5 Å². The molecular weight excluding hydrogens is 440 g/mol. The van der Waals surface area contributed by atoms with Crippen molar-refractivity contribution in [2.45, 2.75) is 46.4 Å². The van der Waals surface area contributed by atoms with Gasteiger partial charge in [-0.15, -0.1) is 0 Å². The molecule has 0 aliphatic carbocycles. The zero-order valence-electron chi connectivity index (χ0n) is 20.9. The van der Waals surface area contributed by atoms with E-state index >= 15 is 0 Å². The predicted molar refractivity (Wildman–Crippen MR) is 139 cm³/mol. The Morgan fingerprint density at radius 3 is 2.17 bits per heavy atom. The monoisotopic (exact) mass is 474 g/mol. The summed E-state index contributed by atoms with van der Waals surface area (Å²) in [5, 5.41) is 2.80. The third-order valence-electron chi connectivity index (χ3n) is 5.55. The lowest BCUT2D eigenvalue weighted by molar-refractivity contribution is 0.0793. The highest BCUT2D eigenvalue weighted by molar-refractivity contribution is 5.97. The molecule has 3 aromatic rings. The first-order valence-corrected chi connectivity index (χ1v) is 11.8. The van der Waals surface area contributed by atoms with E-state index in [9.17, 15) is 9.59 Å². The van der Waals surface area contributed by atoms with Gasteiger partial charge in [0, 0.05) is 17.6 Å². The van der Waals surface area contributed by atoms with Crippen molar-refractivity contribution in [2.75, 3.05) is 18.5 Å². The molecule has 0 aliphatic heterocycles. The molecule has 0 radical (unpaired) electrons. The Morgan fingerprint density at radius 2 is 1.54 bits per heavy atom. The first-order valence-electron chi connectivity index (χ1n) is 11.8. The van der Waals surface area contributed by atoms with Crippen LogP contribution in [0, 0.1) is 0 Å². The van der Waals surface area contributed by atoms with E-state index in [0.29, 0.717) is 30.2 Å². The zero-order valence-corrected chi connectivity index (χ0v) is 20.9. The molecule has 3 rings (SSSR count). The number of benzene rings is 3. The zero-order chi connectivity index (χ0) is 25.3. The lowest BCUT2D eigenvalue weighted by atomic mass is 10.0. The molecule has 0 saturated heterocycles. The molecule has 6 heteroatoms. The summed E-state index contributed by atoms with van der Waals surface area (Å²) < 4.78 is 11.1. The number of amides is 1. The van der Waals surface area contributed by atoms with Crippen molar-refractivity contribution in [3.8, 4) is 5.75 Å². The molecule has 0 saturated carbocycles. The molecule has 1 N–H and O–H groups in total. The highest BCUT2D eigenvalue weighted by Gasteiger charge is 2.25. The smallest absolute Gasteiger partial charge is 0.411 e. The Morgan fingerprint density at radius 1 is 0.886 bits per heavy atom. The molecule has 0 unspecified atom stereocenters. The molecule has 6 nitrogen and oxygen atoms in total. The summed E-state index contributed by atoms with van der Waals surface area (Å²) in [6.45, 7) is 9.45. The van der Waals surface area contributed by atoms with Gasteiger partial charge in [0.15, 0.2) is 5.78 Å². The van der Waals surface area contributed by atoms with Crippen LogP contribution in [0.15, 0.2) is 78.9 Å². The number of ketones is 1. The van der Waals surface area contributed by atoms with Crippen molar-refractivity contribution < 1.29 is 19.1 Å². The summed E-state index contributed by atoms with van der Waals surface area (Å²) in [7, 11) is 0. The summed E-state index contributed by atoms with van der Waals surface area (Å²) >= 11 is 0. The van der Waals surface area contributed by atoms with Crippen LogP contribution in [0.2, 0.25) is 0 Å². The molecule has 184 valence electrons. The standard InChI is InChI=1S/C29H34N2O4/c1-5-34-28(33)30-25-18-23(16-17-27(25)35-21-22-12-8-6-9-13-22)19-31(29(2,3)4)20-26(32)24-14-10-7-11-15-24/h6-18H,5,19-21H2,1-4H3,(H,30,33). The third kappa shape index (κ3) is 7.97. The number of nitrogens with one attached hydrogen (secondary N) is 1. The fraction of sp³-hybridized carbons (Fsp3) is 0.310. The van der Waals surface area contributed by atoms with Crippen molar-refractivity contribution in [1.29, 1.82) is 0 Å². The largest absolute Gasteiger partial charge is 0.487 e. The van der Waals surface area contributed by atoms with Crippen LogP contribution in [0.3, 0.4) is 0 Å². The van der Waals surface area contributed by atoms with E-state index in [2.05, 4.69) is 31.0 Å². The minimum Gasteiger partial charge on any atom is -0.487 e. The van der Waals surface area contributed by atoms with Crippen molar-refractivity contribution in [3.05, 3.63) is 95.6 Å². The molecule has 0 bridgehead atoms. The number of carbonyl (C=O) groups excluding carboxylic acids is 2. The lowest BCUT2D eigenvalue weighted by Gasteiger charge is -2.35. The molecule has 0 heterocycles. The van der Waals surface area contributed by atoms with E-state index < -0.39 is 6.09 Å². The summed E-state index contributed by atoms with van der Waals surface area (Å²) in [5.41, 5.74) is 2.94. The number of Topliss-reactive ketones (excluding diaryl/α,β-unsaturated/α-hetero) is 1. The second-order valence-corrected chi connectivity index (χ2v) is 9.27. The van der Waals surface area contributed by atoms with Crippen molar-refractivity contribution in [3.63, 3.8) is 0 Å². The Bertz CT molecular complexity index is 1110. The molecule has 1 amide bonds. The van der Waals surface area contributed by atoms with Crippen LogP contribution in [0.1, 0.15) is 49.2 Å². The third-order valence-corrected chi connectivity index (χ3v) is 5.55. The highest BCUT2D eigenvalue weighted by atomic mass is 16.5. The summed E-state index contributed by atoms with van der Waals surface area (Å²) in [5.74, 6) is 0.613. The minimum atomic E-state index is -0.541. The van der Waals surface area contributed by atoms with E-state index in [1.165, 1.54) is 0 Å². The first kappa shape index (κ1) is 26.0. The van der Waals surface area contributed by atoms with Crippen molar-refractivity contribution in [2.24, 2.45) is 0 Å². The molecule has 0 fully saturated rings. The molecule has 0 atom stereocenters.